The molecule has 0 spiro atoms. The molecule has 1 aromatic carbocycles. The van der Waals surface area contributed by atoms with Gasteiger partial charge in [0.1, 0.15) is 0 Å². The van der Waals surface area contributed by atoms with Crippen molar-refractivity contribution in [1.29, 1.82) is 0 Å². The van der Waals surface area contributed by atoms with E-state index >= 15 is 0 Å². The van der Waals surface area contributed by atoms with Crippen molar-refractivity contribution in [3.8, 4) is 0 Å². The van der Waals surface area contributed by atoms with Crippen molar-refractivity contribution in [3.63, 3.8) is 0 Å². The monoisotopic (exact) mass is 342 g/mol. The Labute approximate surface area is 125 Å². The maximum absolute atomic E-state index is 12.0. The Morgan fingerprint density at radius 3 is 2.47 bits per heavy atom. The van der Waals surface area contributed by atoms with E-state index in [0.717, 1.165) is 15.7 Å². The highest BCUT2D eigenvalue weighted by Crippen LogP contribution is 2.27. The van der Waals surface area contributed by atoms with Crippen LogP contribution in [0.25, 0.3) is 0 Å². The molecule has 1 unspecified atom stereocenters. The van der Waals surface area contributed by atoms with Crippen LogP contribution in [0.3, 0.4) is 0 Å². The molecule has 0 radical (unpaired) electrons. The Morgan fingerprint density at radius 2 is 1.95 bits per heavy atom. The smallest absolute Gasteiger partial charge is 0.267 e. The molecule has 5 heteroatoms. The fraction of sp³-hybridized carbons (Fsp3) is 0.357. The number of aromatic nitrogens is 2. The third kappa shape index (κ3) is 2.95. The zero-order valence-electron chi connectivity index (χ0n) is 11.1. The van der Waals surface area contributed by atoms with Crippen LogP contribution in [-0.2, 0) is 0 Å². The van der Waals surface area contributed by atoms with E-state index < -0.39 is 0 Å². The van der Waals surface area contributed by atoms with E-state index in [1.165, 1.54) is 0 Å². The van der Waals surface area contributed by atoms with Gasteiger partial charge < -0.3 is 0 Å². The maximum atomic E-state index is 12.0. The van der Waals surface area contributed by atoms with E-state index in [-0.39, 0.29) is 11.6 Å². The first-order chi connectivity index (χ1) is 8.90. The number of aromatic amines is 1. The van der Waals surface area contributed by atoms with Crippen LogP contribution < -0.4 is 5.56 Å². The lowest BCUT2D eigenvalue weighted by Gasteiger charge is -2.14. The summed E-state index contributed by atoms with van der Waals surface area (Å²) in [4.78, 5) is 12.0. The normalized spacial score (nSPS) is 12.9. The Morgan fingerprint density at radius 1 is 1.26 bits per heavy atom. The molecule has 0 amide bonds. The SMILES string of the molecule is CC(C)c1cc(=O)n(C(C)c2ccc(Cl)c(Br)c2)[nH]1. The summed E-state index contributed by atoms with van der Waals surface area (Å²) in [7, 11) is 0. The first-order valence-corrected chi connectivity index (χ1v) is 7.33. The highest BCUT2D eigenvalue weighted by atomic mass is 79.9. The average Bonchev–Trinajstić information content (AvgIpc) is 2.74. The molecule has 1 N–H and O–H groups in total. The molecule has 0 aliphatic rings. The lowest BCUT2D eigenvalue weighted by atomic mass is 10.1. The molecule has 0 aliphatic carbocycles. The zero-order chi connectivity index (χ0) is 14.2. The summed E-state index contributed by atoms with van der Waals surface area (Å²) in [6.07, 6.45) is 0. The molecule has 2 aromatic rings. The molecule has 0 saturated heterocycles. The van der Waals surface area contributed by atoms with Crippen molar-refractivity contribution in [1.82, 2.24) is 9.78 Å². The molecule has 3 nitrogen and oxygen atoms in total. The van der Waals surface area contributed by atoms with Crippen molar-refractivity contribution in [2.45, 2.75) is 32.7 Å². The van der Waals surface area contributed by atoms with Gasteiger partial charge in [0.05, 0.1) is 11.1 Å². The molecule has 102 valence electrons. The van der Waals surface area contributed by atoms with E-state index in [4.69, 9.17) is 11.6 Å². The number of H-pyrrole nitrogens is 1. The Kier molecular flexibility index (Phi) is 4.21. The minimum absolute atomic E-state index is 0.0118. The van der Waals surface area contributed by atoms with E-state index in [1.807, 2.05) is 25.1 Å². The number of benzene rings is 1. The number of halogens is 2. The van der Waals surface area contributed by atoms with E-state index in [9.17, 15) is 4.79 Å². The van der Waals surface area contributed by atoms with E-state index in [0.29, 0.717) is 10.9 Å². The maximum Gasteiger partial charge on any atom is 0.267 e. The van der Waals surface area contributed by atoms with Gasteiger partial charge in [-0.3, -0.25) is 9.89 Å². The van der Waals surface area contributed by atoms with Crippen molar-refractivity contribution in [2.75, 3.05) is 0 Å². The van der Waals surface area contributed by atoms with Crippen LogP contribution in [0.2, 0.25) is 5.02 Å². The summed E-state index contributed by atoms with van der Waals surface area (Å²) in [5.74, 6) is 0.304. The summed E-state index contributed by atoms with van der Waals surface area (Å²) in [5.41, 5.74) is 1.96. The molecular weight excluding hydrogens is 328 g/mol. The van der Waals surface area contributed by atoms with Crippen molar-refractivity contribution in [2.24, 2.45) is 0 Å². The van der Waals surface area contributed by atoms with E-state index in [2.05, 4.69) is 34.9 Å². The van der Waals surface area contributed by atoms with Crippen LogP contribution >= 0.6 is 27.5 Å². The fourth-order valence-electron chi connectivity index (χ4n) is 1.93. The topological polar surface area (TPSA) is 37.8 Å². The molecule has 1 atom stereocenters. The van der Waals surface area contributed by atoms with Gasteiger partial charge in [0.2, 0.25) is 0 Å². The number of nitrogens with zero attached hydrogens (tertiary/aromatic N) is 1. The number of hydrogen-bond donors (Lipinski definition) is 1. The number of nitrogens with one attached hydrogen (secondary N) is 1. The van der Waals surface area contributed by atoms with Crippen LogP contribution in [0.4, 0.5) is 0 Å². The van der Waals surface area contributed by atoms with Crippen molar-refractivity contribution >= 4 is 27.5 Å². The minimum atomic E-state index is -0.0615. The predicted octanol–water partition coefficient (Wildman–Crippen LogP) is 4.33. The number of hydrogen-bond acceptors (Lipinski definition) is 1. The number of rotatable bonds is 3. The van der Waals surface area contributed by atoms with Crippen LogP contribution in [0, 0.1) is 0 Å². The second kappa shape index (κ2) is 5.55. The largest absolute Gasteiger partial charge is 0.299 e. The van der Waals surface area contributed by atoms with Crippen LogP contribution in [0.5, 0.6) is 0 Å². The van der Waals surface area contributed by atoms with Gasteiger partial charge in [0.15, 0.2) is 0 Å². The zero-order valence-corrected chi connectivity index (χ0v) is 13.4. The second-order valence-electron chi connectivity index (χ2n) is 4.92. The quantitative estimate of drug-likeness (QED) is 0.885. The molecular formula is C14H16BrClN2O. The summed E-state index contributed by atoms with van der Waals surface area (Å²) >= 11 is 9.39. The van der Waals surface area contributed by atoms with Gasteiger partial charge in [-0.15, -0.1) is 0 Å². The summed E-state index contributed by atoms with van der Waals surface area (Å²) < 4.78 is 2.48. The van der Waals surface area contributed by atoms with Gasteiger partial charge in [-0.25, -0.2) is 4.68 Å². The van der Waals surface area contributed by atoms with Gasteiger partial charge in [0, 0.05) is 16.2 Å². The summed E-state index contributed by atoms with van der Waals surface area (Å²) in [6.45, 7) is 6.09. The highest BCUT2D eigenvalue weighted by Gasteiger charge is 2.14. The fourth-order valence-corrected chi connectivity index (χ4v) is 2.45. The minimum Gasteiger partial charge on any atom is -0.299 e. The molecule has 1 heterocycles. The first-order valence-electron chi connectivity index (χ1n) is 6.16. The molecule has 0 aliphatic heterocycles. The van der Waals surface area contributed by atoms with Crippen LogP contribution in [0.15, 0.2) is 33.5 Å². The standard InChI is InChI=1S/C14H16BrClN2O/c1-8(2)13-7-14(19)18(17-13)9(3)10-4-5-12(16)11(15)6-10/h4-9,17H,1-3H3. The predicted molar refractivity (Wildman–Crippen MR) is 82.1 cm³/mol. The van der Waals surface area contributed by atoms with Gasteiger partial charge in [-0.05, 0) is 46.5 Å². The van der Waals surface area contributed by atoms with Crippen molar-refractivity contribution < 1.29 is 0 Å². The molecule has 0 saturated carbocycles. The van der Waals surface area contributed by atoms with E-state index in [1.54, 1.807) is 10.7 Å². The molecule has 1 aromatic heterocycles. The van der Waals surface area contributed by atoms with Crippen LogP contribution in [-0.4, -0.2) is 9.78 Å². The Bertz CT molecular complexity index is 645. The Hall–Kier alpha value is -1.00. The summed E-state index contributed by atoms with van der Waals surface area (Å²) in [6, 6.07) is 7.30. The molecule has 19 heavy (non-hydrogen) atoms. The molecule has 0 bridgehead atoms. The van der Waals surface area contributed by atoms with Gasteiger partial charge in [-0.1, -0.05) is 31.5 Å². The third-order valence-electron chi connectivity index (χ3n) is 3.20. The van der Waals surface area contributed by atoms with Crippen molar-refractivity contribution in [3.05, 3.63) is 55.4 Å². The third-order valence-corrected chi connectivity index (χ3v) is 4.42. The second-order valence-corrected chi connectivity index (χ2v) is 6.19. The summed E-state index contributed by atoms with van der Waals surface area (Å²) in [5, 5.41) is 3.83. The Balaban J connectivity index is 2.41. The van der Waals surface area contributed by atoms with Gasteiger partial charge in [0.25, 0.3) is 5.56 Å². The van der Waals surface area contributed by atoms with Gasteiger partial charge >= 0.3 is 0 Å². The average molecular weight is 344 g/mol. The molecule has 2 rings (SSSR count). The lowest BCUT2D eigenvalue weighted by Crippen LogP contribution is -2.20. The van der Waals surface area contributed by atoms with Crippen LogP contribution in [0.1, 0.15) is 44.0 Å². The highest BCUT2D eigenvalue weighted by molar-refractivity contribution is 9.10. The first kappa shape index (κ1) is 14.4. The lowest BCUT2D eigenvalue weighted by molar-refractivity contribution is 0.537. The molecule has 0 fully saturated rings. The van der Waals surface area contributed by atoms with Gasteiger partial charge in [-0.2, -0.15) is 0 Å².